The highest BCUT2D eigenvalue weighted by molar-refractivity contribution is 6.42. The van der Waals surface area contributed by atoms with E-state index in [4.69, 9.17) is 32.7 Å². The topological polar surface area (TPSA) is 47.9 Å². The summed E-state index contributed by atoms with van der Waals surface area (Å²) in [6.07, 6.45) is 1.98. The molecule has 0 heterocycles. The molecule has 0 bridgehead atoms. The van der Waals surface area contributed by atoms with Crippen LogP contribution in [0, 0.1) is 0 Å². The van der Waals surface area contributed by atoms with Crippen molar-refractivity contribution in [1.82, 2.24) is 0 Å². The first-order valence-corrected chi connectivity index (χ1v) is 6.57. The molecule has 1 aromatic rings. The molecule has 0 atom stereocenters. The number of aliphatic imine (C=N–C) groups is 1. The molecule has 0 aliphatic heterocycles. The summed E-state index contributed by atoms with van der Waals surface area (Å²) in [7, 11) is 0. The van der Waals surface area contributed by atoms with Crippen LogP contribution in [0.2, 0.25) is 10.0 Å². The number of aldehydes is 1. The Bertz CT molecular complexity index is 457. The number of carbonyl (C=O) groups excluding carboxylic acids is 1. The van der Waals surface area contributed by atoms with Gasteiger partial charge >= 0.3 is 5.91 Å². The number of carbonyl (C=O) groups is 1. The number of hydrogen-bond acceptors (Lipinski definition) is 4. The van der Waals surface area contributed by atoms with E-state index in [1.54, 1.807) is 32.0 Å². The highest BCUT2D eigenvalue weighted by Gasteiger charge is 2.29. The molecule has 1 rings (SSSR count). The maximum Gasteiger partial charge on any atom is 0.329 e. The van der Waals surface area contributed by atoms with Crippen LogP contribution in [-0.4, -0.2) is 31.6 Å². The Labute approximate surface area is 122 Å². The second kappa shape index (κ2) is 7.60. The van der Waals surface area contributed by atoms with Gasteiger partial charge in [0, 0.05) is 19.4 Å². The molecule has 4 nitrogen and oxygen atoms in total. The molecule has 0 amide bonds. The van der Waals surface area contributed by atoms with Crippen LogP contribution in [0.5, 0.6) is 0 Å². The Morgan fingerprint density at radius 1 is 1.21 bits per heavy atom. The molecule has 0 aliphatic carbocycles. The van der Waals surface area contributed by atoms with E-state index in [9.17, 15) is 4.79 Å². The Kier molecular flexibility index (Phi) is 6.45. The lowest BCUT2D eigenvalue weighted by molar-refractivity contribution is -0.210. The van der Waals surface area contributed by atoms with E-state index in [0.29, 0.717) is 35.1 Å². The van der Waals surface area contributed by atoms with Gasteiger partial charge in [-0.1, -0.05) is 29.3 Å². The van der Waals surface area contributed by atoms with Gasteiger partial charge in [0.05, 0.1) is 10.0 Å². The van der Waals surface area contributed by atoms with Crippen molar-refractivity contribution < 1.29 is 14.3 Å². The van der Waals surface area contributed by atoms with Crippen molar-refractivity contribution in [2.45, 2.75) is 19.8 Å². The minimum atomic E-state index is -1.60. The summed E-state index contributed by atoms with van der Waals surface area (Å²) in [5.41, 5.74) is 0.694. The minimum absolute atomic E-state index is 0.303. The second-order valence-electron chi connectivity index (χ2n) is 3.55. The van der Waals surface area contributed by atoms with Gasteiger partial charge in [-0.25, -0.2) is 4.99 Å². The van der Waals surface area contributed by atoms with Gasteiger partial charge in [0.1, 0.15) is 0 Å². The van der Waals surface area contributed by atoms with E-state index in [0.717, 1.165) is 0 Å². The largest absolute Gasteiger partial charge is 0.329 e. The SMILES string of the molecule is CCOC(C=O)(N=Cc1ccc(Cl)c(Cl)c1)OCC. The number of benzene rings is 1. The van der Waals surface area contributed by atoms with E-state index >= 15 is 0 Å². The summed E-state index contributed by atoms with van der Waals surface area (Å²) < 4.78 is 10.5. The Balaban J connectivity index is 2.96. The van der Waals surface area contributed by atoms with Gasteiger partial charge in [0.15, 0.2) is 0 Å². The molecular weight excluding hydrogens is 289 g/mol. The highest BCUT2D eigenvalue weighted by Crippen LogP contribution is 2.22. The van der Waals surface area contributed by atoms with E-state index in [1.807, 2.05) is 0 Å². The molecule has 0 saturated heterocycles. The molecule has 6 heteroatoms. The van der Waals surface area contributed by atoms with Crippen LogP contribution in [0.3, 0.4) is 0 Å². The Hall–Kier alpha value is -0.940. The third-order valence-corrected chi connectivity index (χ3v) is 2.93. The van der Waals surface area contributed by atoms with E-state index in [2.05, 4.69) is 4.99 Å². The molecule has 0 N–H and O–H groups in total. The predicted molar refractivity (Wildman–Crippen MR) is 76.1 cm³/mol. The highest BCUT2D eigenvalue weighted by atomic mass is 35.5. The fraction of sp³-hybridized carbons (Fsp3) is 0.385. The molecule has 0 saturated carbocycles. The molecule has 19 heavy (non-hydrogen) atoms. The Morgan fingerprint density at radius 2 is 1.84 bits per heavy atom. The molecular formula is C13H15Cl2NO3. The van der Waals surface area contributed by atoms with Crippen LogP contribution < -0.4 is 0 Å². The smallest absolute Gasteiger partial charge is 0.326 e. The second-order valence-corrected chi connectivity index (χ2v) is 4.36. The molecule has 0 radical (unpaired) electrons. The van der Waals surface area contributed by atoms with Crippen molar-refractivity contribution in [3.05, 3.63) is 33.8 Å². The van der Waals surface area contributed by atoms with Gasteiger partial charge in [0.25, 0.3) is 0 Å². The van der Waals surface area contributed by atoms with Gasteiger partial charge < -0.3 is 9.47 Å². The summed E-state index contributed by atoms with van der Waals surface area (Å²) in [6, 6.07) is 5.02. The fourth-order valence-electron chi connectivity index (χ4n) is 1.39. The first-order chi connectivity index (χ1) is 9.06. The van der Waals surface area contributed by atoms with Crippen molar-refractivity contribution in [3.63, 3.8) is 0 Å². The number of halogens is 2. The van der Waals surface area contributed by atoms with Gasteiger partial charge in [-0.15, -0.1) is 0 Å². The first-order valence-electron chi connectivity index (χ1n) is 5.81. The minimum Gasteiger partial charge on any atom is -0.326 e. The number of ether oxygens (including phenoxy) is 2. The summed E-state index contributed by atoms with van der Waals surface area (Å²) in [6.45, 7) is 4.12. The molecule has 104 valence electrons. The molecule has 0 aliphatic rings. The third-order valence-electron chi connectivity index (χ3n) is 2.19. The summed E-state index contributed by atoms with van der Waals surface area (Å²) in [4.78, 5) is 15.2. The van der Waals surface area contributed by atoms with Crippen molar-refractivity contribution in [1.29, 1.82) is 0 Å². The van der Waals surface area contributed by atoms with Gasteiger partial charge in [-0.2, -0.15) is 0 Å². The number of rotatable bonds is 7. The average Bonchev–Trinajstić information content (AvgIpc) is 2.40. The van der Waals surface area contributed by atoms with Gasteiger partial charge in [0.2, 0.25) is 6.29 Å². The zero-order valence-electron chi connectivity index (χ0n) is 10.7. The quantitative estimate of drug-likeness (QED) is 0.441. The van der Waals surface area contributed by atoms with E-state index in [1.165, 1.54) is 6.21 Å². The van der Waals surface area contributed by atoms with Crippen LogP contribution in [0.25, 0.3) is 0 Å². The molecule has 0 aromatic heterocycles. The van der Waals surface area contributed by atoms with E-state index < -0.39 is 5.91 Å². The van der Waals surface area contributed by atoms with Crippen molar-refractivity contribution >= 4 is 35.7 Å². The molecule has 0 unspecified atom stereocenters. The lowest BCUT2D eigenvalue weighted by Crippen LogP contribution is -2.36. The number of nitrogens with zero attached hydrogens (tertiary/aromatic N) is 1. The predicted octanol–water partition coefficient (Wildman–Crippen LogP) is 3.34. The standard InChI is InChI=1S/C13H15Cl2NO3/c1-3-18-13(9-17,19-4-2)16-8-10-5-6-11(14)12(15)7-10/h5-9H,3-4H2,1-2H3. The van der Waals surface area contributed by atoms with Crippen LogP contribution in [0.15, 0.2) is 23.2 Å². The van der Waals surface area contributed by atoms with Crippen LogP contribution in [-0.2, 0) is 14.3 Å². The van der Waals surface area contributed by atoms with Gasteiger partial charge in [-0.05, 0) is 31.5 Å². The monoisotopic (exact) mass is 303 g/mol. The lowest BCUT2D eigenvalue weighted by Gasteiger charge is -2.22. The summed E-state index contributed by atoms with van der Waals surface area (Å²) >= 11 is 11.7. The van der Waals surface area contributed by atoms with E-state index in [-0.39, 0.29) is 0 Å². The average molecular weight is 304 g/mol. The fourth-order valence-corrected chi connectivity index (χ4v) is 1.69. The first kappa shape index (κ1) is 16.1. The summed E-state index contributed by atoms with van der Waals surface area (Å²) in [5.74, 6) is -1.60. The van der Waals surface area contributed by atoms with Crippen molar-refractivity contribution in [2.24, 2.45) is 4.99 Å². The lowest BCUT2D eigenvalue weighted by atomic mass is 10.2. The maximum absolute atomic E-state index is 11.1. The summed E-state index contributed by atoms with van der Waals surface area (Å²) in [5, 5.41) is 0.866. The third kappa shape index (κ3) is 4.58. The molecule has 1 aromatic carbocycles. The van der Waals surface area contributed by atoms with Crippen LogP contribution in [0.1, 0.15) is 19.4 Å². The normalized spacial score (nSPS) is 12.0. The zero-order chi connectivity index (χ0) is 14.3. The van der Waals surface area contributed by atoms with Crippen LogP contribution >= 0.6 is 23.2 Å². The molecule has 0 spiro atoms. The molecule has 0 fully saturated rings. The Morgan fingerprint density at radius 3 is 2.32 bits per heavy atom. The van der Waals surface area contributed by atoms with Crippen LogP contribution in [0.4, 0.5) is 0 Å². The van der Waals surface area contributed by atoms with Gasteiger partial charge in [-0.3, -0.25) is 4.79 Å². The maximum atomic E-state index is 11.1. The zero-order valence-corrected chi connectivity index (χ0v) is 12.2. The van der Waals surface area contributed by atoms with Crippen molar-refractivity contribution in [2.75, 3.05) is 13.2 Å². The number of hydrogen-bond donors (Lipinski definition) is 0. The van der Waals surface area contributed by atoms with Crippen molar-refractivity contribution in [3.8, 4) is 0 Å².